The fourth-order valence-corrected chi connectivity index (χ4v) is 3.91. The summed E-state index contributed by atoms with van der Waals surface area (Å²) in [5, 5.41) is 0.0956. The number of halogens is 3. The normalized spacial score (nSPS) is 11.5. The van der Waals surface area contributed by atoms with Crippen LogP contribution in [0.15, 0.2) is 21.5 Å². The third-order valence-corrected chi connectivity index (χ3v) is 5.62. The van der Waals surface area contributed by atoms with Crippen molar-refractivity contribution in [1.82, 2.24) is 4.90 Å². The Kier molecular flexibility index (Phi) is 6.93. The summed E-state index contributed by atoms with van der Waals surface area (Å²) >= 11 is 8.98. The molecule has 0 N–H and O–H groups in total. The maximum Gasteiger partial charge on any atom is 0.262 e. The number of hydrogen-bond donors (Lipinski definition) is 0. The highest BCUT2D eigenvalue weighted by Gasteiger charge is 2.21. The van der Waals surface area contributed by atoms with Gasteiger partial charge in [0.05, 0.1) is 21.0 Å². The SMILES string of the molecule is CCOCCN(C)C(=O)c1cc(Cl)c(Br)c(S(=O)(=O)Cl)c1. The van der Waals surface area contributed by atoms with Crippen molar-refractivity contribution in [3.05, 3.63) is 27.2 Å². The van der Waals surface area contributed by atoms with Gasteiger partial charge in [-0.2, -0.15) is 0 Å². The Hall–Kier alpha value is -0.340. The molecule has 5 nitrogen and oxygen atoms in total. The number of rotatable bonds is 6. The zero-order valence-electron chi connectivity index (χ0n) is 11.4. The Morgan fingerprint density at radius 2 is 2.05 bits per heavy atom. The van der Waals surface area contributed by atoms with Crippen molar-refractivity contribution in [2.24, 2.45) is 0 Å². The molecule has 1 rings (SSSR count). The zero-order valence-corrected chi connectivity index (χ0v) is 15.3. The van der Waals surface area contributed by atoms with Gasteiger partial charge >= 0.3 is 0 Å². The number of ether oxygens (including phenoxy) is 1. The molecule has 118 valence electrons. The zero-order chi connectivity index (χ0) is 16.2. The number of hydrogen-bond acceptors (Lipinski definition) is 4. The molecule has 0 radical (unpaired) electrons. The number of carbonyl (C=O) groups excluding carboxylic acids is 1. The minimum atomic E-state index is -4.01. The van der Waals surface area contributed by atoms with E-state index in [0.717, 1.165) is 0 Å². The van der Waals surface area contributed by atoms with Gasteiger partial charge in [-0.1, -0.05) is 11.6 Å². The standard InChI is InChI=1S/C12H14BrCl2NO4S/c1-3-20-5-4-16(2)12(17)8-6-9(14)11(13)10(7-8)21(15,18)19/h6-7H,3-5H2,1-2H3. The minimum Gasteiger partial charge on any atom is -0.380 e. The molecular formula is C12H14BrCl2NO4S. The van der Waals surface area contributed by atoms with E-state index in [4.69, 9.17) is 27.0 Å². The lowest BCUT2D eigenvalue weighted by Crippen LogP contribution is -2.30. The summed E-state index contributed by atoms with van der Waals surface area (Å²) in [6.07, 6.45) is 0. The van der Waals surface area contributed by atoms with Crippen molar-refractivity contribution in [1.29, 1.82) is 0 Å². The van der Waals surface area contributed by atoms with Gasteiger partial charge in [0, 0.05) is 36.4 Å². The predicted octanol–water partition coefficient (Wildman–Crippen LogP) is 3.14. The summed E-state index contributed by atoms with van der Waals surface area (Å²) in [4.78, 5) is 13.4. The van der Waals surface area contributed by atoms with E-state index in [2.05, 4.69) is 15.9 Å². The number of benzene rings is 1. The smallest absolute Gasteiger partial charge is 0.262 e. The molecule has 0 aromatic heterocycles. The highest BCUT2D eigenvalue weighted by atomic mass is 79.9. The van der Waals surface area contributed by atoms with E-state index in [-0.39, 0.29) is 25.9 Å². The van der Waals surface area contributed by atoms with E-state index in [1.54, 1.807) is 7.05 Å². The summed E-state index contributed by atoms with van der Waals surface area (Å²) in [7, 11) is 2.91. The van der Waals surface area contributed by atoms with Crippen LogP contribution in [-0.2, 0) is 13.8 Å². The van der Waals surface area contributed by atoms with E-state index in [0.29, 0.717) is 19.8 Å². The maximum atomic E-state index is 12.2. The van der Waals surface area contributed by atoms with Gasteiger partial charge < -0.3 is 9.64 Å². The van der Waals surface area contributed by atoms with Gasteiger partial charge in [0.25, 0.3) is 15.0 Å². The average Bonchev–Trinajstić information content (AvgIpc) is 2.39. The van der Waals surface area contributed by atoms with Gasteiger partial charge in [0.2, 0.25) is 0 Å². The summed E-state index contributed by atoms with van der Waals surface area (Å²) in [5.74, 6) is -0.370. The number of amides is 1. The van der Waals surface area contributed by atoms with Gasteiger partial charge in [-0.3, -0.25) is 4.79 Å². The van der Waals surface area contributed by atoms with Crippen molar-refractivity contribution in [2.45, 2.75) is 11.8 Å². The molecule has 9 heteroatoms. The van der Waals surface area contributed by atoms with E-state index in [1.807, 2.05) is 6.92 Å². The van der Waals surface area contributed by atoms with E-state index in [1.165, 1.54) is 17.0 Å². The monoisotopic (exact) mass is 417 g/mol. The molecule has 0 aliphatic rings. The molecule has 0 aliphatic heterocycles. The van der Waals surface area contributed by atoms with Crippen molar-refractivity contribution < 1.29 is 17.9 Å². The summed E-state index contributed by atoms with van der Waals surface area (Å²) in [5.41, 5.74) is 0.140. The van der Waals surface area contributed by atoms with Gasteiger partial charge in [-0.05, 0) is 35.0 Å². The molecule has 0 atom stereocenters. The lowest BCUT2D eigenvalue weighted by molar-refractivity contribution is 0.0709. The van der Waals surface area contributed by atoms with Gasteiger partial charge in [0.15, 0.2) is 0 Å². The molecule has 0 saturated carbocycles. The maximum absolute atomic E-state index is 12.2. The molecule has 0 unspecified atom stereocenters. The predicted molar refractivity (Wildman–Crippen MR) is 85.6 cm³/mol. The second kappa shape index (κ2) is 7.78. The first-order chi connectivity index (χ1) is 9.68. The lowest BCUT2D eigenvalue weighted by atomic mass is 10.2. The van der Waals surface area contributed by atoms with Crippen LogP contribution in [0, 0.1) is 0 Å². The molecule has 0 aliphatic carbocycles. The highest BCUT2D eigenvalue weighted by molar-refractivity contribution is 9.10. The minimum absolute atomic E-state index is 0.0956. The van der Waals surface area contributed by atoms with Gasteiger partial charge in [-0.25, -0.2) is 8.42 Å². The molecule has 1 aromatic carbocycles. The van der Waals surface area contributed by atoms with Crippen LogP contribution in [0.4, 0.5) is 0 Å². The summed E-state index contributed by atoms with van der Waals surface area (Å²) < 4.78 is 28.3. The topological polar surface area (TPSA) is 63.7 Å². The van der Waals surface area contributed by atoms with E-state index in [9.17, 15) is 13.2 Å². The van der Waals surface area contributed by atoms with Crippen LogP contribution < -0.4 is 0 Å². The van der Waals surface area contributed by atoms with Crippen molar-refractivity contribution in [3.63, 3.8) is 0 Å². The number of nitrogens with zero attached hydrogens (tertiary/aromatic N) is 1. The molecule has 1 amide bonds. The first-order valence-corrected chi connectivity index (χ1v) is 9.43. The second-order valence-electron chi connectivity index (χ2n) is 4.13. The third-order valence-electron chi connectivity index (χ3n) is 2.63. The van der Waals surface area contributed by atoms with Gasteiger partial charge in [0.1, 0.15) is 0 Å². The summed E-state index contributed by atoms with van der Waals surface area (Å²) in [6.45, 7) is 3.18. The molecule has 0 bridgehead atoms. The van der Waals surface area contributed by atoms with Crippen LogP contribution >= 0.6 is 38.2 Å². The Labute approximate surface area is 141 Å². The Balaban J connectivity index is 3.09. The van der Waals surface area contributed by atoms with Crippen LogP contribution in [0.3, 0.4) is 0 Å². The first kappa shape index (κ1) is 18.7. The number of carbonyl (C=O) groups is 1. The molecule has 0 spiro atoms. The van der Waals surface area contributed by atoms with Crippen molar-refractivity contribution >= 4 is 53.2 Å². The lowest BCUT2D eigenvalue weighted by Gasteiger charge is -2.18. The highest BCUT2D eigenvalue weighted by Crippen LogP contribution is 2.33. The quantitative estimate of drug-likeness (QED) is 0.525. The average molecular weight is 419 g/mol. The second-order valence-corrected chi connectivity index (χ2v) is 7.87. The summed E-state index contributed by atoms with van der Waals surface area (Å²) in [6, 6.07) is 2.58. The number of likely N-dealkylation sites (N-methyl/N-ethyl adjacent to an activating group) is 1. The van der Waals surface area contributed by atoms with Crippen LogP contribution in [0.1, 0.15) is 17.3 Å². The largest absolute Gasteiger partial charge is 0.380 e. The van der Waals surface area contributed by atoms with E-state index < -0.39 is 9.05 Å². The fourth-order valence-electron chi connectivity index (χ4n) is 1.53. The molecule has 21 heavy (non-hydrogen) atoms. The van der Waals surface area contributed by atoms with Crippen LogP contribution in [0.25, 0.3) is 0 Å². The van der Waals surface area contributed by atoms with E-state index >= 15 is 0 Å². The molecule has 0 heterocycles. The Morgan fingerprint density at radius 3 is 2.57 bits per heavy atom. The molecule has 1 aromatic rings. The molecular weight excluding hydrogens is 405 g/mol. The third kappa shape index (κ3) is 5.10. The van der Waals surface area contributed by atoms with Crippen molar-refractivity contribution in [2.75, 3.05) is 26.8 Å². The fraction of sp³-hybridized carbons (Fsp3) is 0.417. The van der Waals surface area contributed by atoms with Crippen LogP contribution in [0.2, 0.25) is 5.02 Å². The van der Waals surface area contributed by atoms with Crippen LogP contribution in [-0.4, -0.2) is 46.0 Å². The van der Waals surface area contributed by atoms with Crippen LogP contribution in [0.5, 0.6) is 0 Å². The van der Waals surface area contributed by atoms with Crippen molar-refractivity contribution in [3.8, 4) is 0 Å². The first-order valence-electron chi connectivity index (χ1n) is 5.95. The Bertz CT molecular complexity index is 636. The molecule has 0 fully saturated rings. The molecule has 0 saturated heterocycles. The Morgan fingerprint density at radius 1 is 1.43 bits per heavy atom. The van der Waals surface area contributed by atoms with Gasteiger partial charge in [-0.15, -0.1) is 0 Å².